The van der Waals surface area contributed by atoms with E-state index in [0.29, 0.717) is 24.3 Å². The van der Waals surface area contributed by atoms with Crippen molar-refractivity contribution in [2.45, 2.75) is 51.6 Å². The summed E-state index contributed by atoms with van der Waals surface area (Å²) in [5.41, 5.74) is 7.18. The summed E-state index contributed by atoms with van der Waals surface area (Å²) in [7, 11) is 0. The van der Waals surface area contributed by atoms with Crippen molar-refractivity contribution in [1.82, 2.24) is 4.90 Å². The van der Waals surface area contributed by atoms with Gasteiger partial charge in [0.25, 0.3) is 11.8 Å². The van der Waals surface area contributed by atoms with Gasteiger partial charge in [0.2, 0.25) is 0 Å². The van der Waals surface area contributed by atoms with Crippen molar-refractivity contribution in [2.24, 2.45) is 17.6 Å². The quantitative estimate of drug-likeness (QED) is 0.108. The first-order valence-electron chi connectivity index (χ1n) is 17.3. The molecule has 1 aliphatic heterocycles. The number of alkyl halides is 6. The number of fused-ring (bicyclic) bond motifs is 1. The molecule has 0 spiro atoms. The minimum absolute atomic E-state index is 0.0195. The molecule has 2 aliphatic rings. The Bertz CT molecular complexity index is 2220. The molecule has 2 atom stereocenters. The molecular weight excluding hydrogens is 710 g/mol. The zero-order valence-electron chi connectivity index (χ0n) is 28.9. The van der Waals surface area contributed by atoms with Gasteiger partial charge in [-0.3, -0.25) is 14.5 Å². The van der Waals surface area contributed by atoms with Crippen molar-refractivity contribution in [1.29, 1.82) is 0 Å². The molecule has 1 fully saturated rings. The van der Waals surface area contributed by atoms with E-state index in [1.54, 1.807) is 66.7 Å². The van der Waals surface area contributed by atoms with Gasteiger partial charge in [0, 0.05) is 6.54 Å². The lowest BCUT2D eigenvalue weighted by atomic mass is 9.98. The average molecular weight is 745 g/mol. The van der Waals surface area contributed by atoms with Gasteiger partial charge in [-0.1, -0.05) is 42.5 Å². The van der Waals surface area contributed by atoms with Crippen LogP contribution < -0.4 is 15.2 Å². The first-order chi connectivity index (χ1) is 25.7. The topological polar surface area (TPSA) is 81.9 Å². The van der Waals surface area contributed by atoms with E-state index >= 15 is 0 Å². The first-order valence-corrected chi connectivity index (χ1v) is 17.3. The monoisotopic (exact) mass is 744 g/mol. The Morgan fingerprint density at radius 2 is 1.13 bits per heavy atom. The van der Waals surface area contributed by atoms with E-state index in [2.05, 4.69) is 0 Å². The van der Waals surface area contributed by atoms with Crippen LogP contribution >= 0.6 is 0 Å². The van der Waals surface area contributed by atoms with Gasteiger partial charge in [0.05, 0.1) is 28.8 Å². The van der Waals surface area contributed by atoms with E-state index in [9.17, 15) is 35.9 Å². The van der Waals surface area contributed by atoms with E-state index in [-0.39, 0.29) is 64.3 Å². The zero-order chi connectivity index (χ0) is 38.4. The molecule has 0 radical (unpaired) electrons. The SMILES string of the molecule is Cc1ccc(Oc2ccc(CN3C(=O)c4ccc(CC5C[C@@H]5Cc5ccc(Oc6ccc(CN)cc6)cc5C(F)(F)F)cc4C3=O)cc2)cc1C(F)(F)F. The van der Waals surface area contributed by atoms with E-state index in [1.807, 2.05) is 0 Å². The molecule has 1 aliphatic carbocycles. The molecule has 0 aromatic heterocycles. The van der Waals surface area contributed by atoms with Crippen LogP contribution in [0.5, 0.6) is 23.0 Å². The van der Waals surface area contributed by atoms with Crippen LogP contribution in [0.25, 0.3) is 0 Å². The van der Waals surface area contributed by atoms with E-state index in [0.717, 1.165) is 34.6 Å². The largest absolute Gasteiger partial charge is 0.457 e. The molecule has 7 rings (SSSR count). The number of hydrogen-bond donors (Lipinski definition) is 1. The predicted octanol–water partition coefficient (Wildman–Crippen LogP) is 10.3. The molecule has 2 N–H and O–H groups in total. The smallest absolute Gasteiger partial charge is 0.416 e. The Balaban J connectivity index is 0.966. The van der Waals surface area contributed by atoms with Crippen LogP contribution in [-0.4, -0.2) is 16.7 Å². The number of ether oxygens (including phenoxy) is 2. The average Bonchev–Trinajstić information content (AvgIpc) is 3.82. The summed E-state index contributed by atoms with van der Waals surface area (Å²) in [6.07, 6.45) is -7.57. The maximum Gasteiger partial charge on any atom is 0.416 e. The number of aryl methyl sites for hydroxylation is 1. The third-order valence-electron chi connectivity index (χ3n) is 9.88. The summed E-state index contributed by atoms with van der Waals surface area (Å²) in [6.45, 7) is 1.68. The lowest BCUT2D eigenvalue weighted by Gasteiger charge is -2.15. The number of nitrogens with zero attached hydrogens (tertiary/aromatic N) is 1. The Labute approximate surface area is 307 Å². The third kappa shape index (κ3) is 7.98. The second kappa shape index (κ2) is 14.3. The molecule has 278 valence electrons. The number of imide groups is 1. The van der Waals surface area contributed by atoms with Gasteiger partial charge >= 0.3 is 12.4 Å². The maximum absolute atomic E-state index is 14.1. The molecule has 12 heteroatoms. The number of carbonyl (C=O) groups is 2. The van der Waals surface area contributed by atoms with Crippen LogP contribution in [0.4, 0.5) is 26.3 Å². The van der Waals surface area contributed by atoms with Crippen LogP contribution in [0.15, 0.2) is 103 Å². The van der Waals surface area contributed by atoms with Crippen LogP contribution in [0.1, 0.15) is 66.1 Å². The van der Waals surface area contributed by atoms with Gasteiger partial charge in [-0.2, -0.15) is 26.3 Å². The van der Waals surface area contributed by atoms with Crippen molar-refractivity contribution in [3.05, 3.63) is 153 Å². The molecule has 2 amide bonds. The van der Waals surface area contributed by atoms with Crippen LogP contribution in [0.2, 0.25) is 0 Å². The highest BCUT2D eigenvalue weighted by Gasteiger charge is 2.41. The van der Waals surface area contributed by atoms with Gasteiger partial charge in [-0.05, 0) is 127 Å². The van der Waals surface area contributed by atoms with Crippen molar-refractivity contribution >= 4 is 11.8 Å². The number of hydrogen-bond acceptors (Lipinski definition) is 5. The number of carbonyl (C=O) groups excluding carboxylic acids is 2. The Morgan fingerprint density at radius 1 is 0.611 bits per heavy atom. The van der Waals surface area contributed by atoms with Crippen molar-refractivity contribution < 1.29 is 45.4 Å². The normalized spacial score (nSPS) is 16.8. The van der Waals surface area contributed by atoms with Crippen molar-refractivity contribution in [3.8, 4) is 23.0 Å². The van der Waals surface area contributed by atoms with Crippen molar-refractivity contribution in [3.63, 3.8) is 0 Å². The summed E-state index contributed by atoms with van der Waals surface area (Å²) in [6, 6.07) is 26.0. The highest BCUT2D eigenvalue weighted by Crippen LogP contribution is 2.46. The number of rotatable bonds is 11. The van der Waals surface area contributed by atoms with Gasteiger partial charge in [-0.25, -0.2) is 0 Å². The van der Waals surface area contributed by atoms with Crippen LogP contribution in [0, 0.1) is 18.8 Å². The predicted molar refractivity (Wildman–Crippen MR) is 188 cm³/mol. The summed E-state index contributed by atoms with van der Waals surface area (Å²) in [5, 5.41) is 0. The fraction of sp³-hybridized carbons (Fsp3) is 0.238. The fourth-order valence-corrected chi connectivity index (χ4v) is 6.85. The molecule has 1 saturated carbocycles. The zero-order valence-corrected chi connectivity index (χ0v) is 28.9. The Hall–Kier alpha value is -5.62. The molecular formula is C42H34F6N2O4. The number of nitrogens with two attached hydrogens (primary N) is 1. The highest BCUT2D eigenvalue weighted by molar-refractivity contribution is 6.21. The van der Waals surface area contributed by atoms with Crippen LogP contribution in [0.3, 0.4) is 0 Å². The Morgan fingerprint density at radius 3 is 1.74 bits per heavy atom. The molecule has 0 saturated heterocycles. The lowest BCUT2D eigenvalue weighted by molar-refractivity contribution is -0.139. The van der Waals surface area contributed by atoms with Gasteiger partial charge in [0.1, 0.15) is 23.0 Å². The minimum atomic E-state index is -4.57. The van der Waals surface area contributed by atoms with Gasteiger partial charge in [-0.15, -0.1) is 0 Å². The summed E-state index contributed by atoms with van der Waals surface area (Å²) in [5.74, 6) is 0.0145. The van der Waals surface area contributed by atoms with Gasteiger partial charge < -0.3 is 15.2 Å². The van der Waals surface area contributed by atoms with E-state index < -0.39 is 35.3 Å². The molecule has 0 bridgehead atoms. The standard InChI is InChI=1S/C42H34F6N2O4/c1-24-2-9-33(20-37(24)41(43,44)45)53-32-12-5-26(6-13-32)23-50-39(51)35-15-7-27(17-36(35)40(50)52)16-29-19-30(29)18-28-8-14-34(21-38(28)42(46,47)48)54-31-10-3-25(22-49)4-11-31/h2-15,17,20-21,29-30H,16,18-19,22-23,49H2,1H3/t29?,30-/m0/s1. The first kappa shape index (κ1) is 36.7. The van der Waals surface area contributed by atoms with E-state index in [1.165, 1.54) is 31.2 Å². The summed E-state index contributed by atoms with van der Waals surface area (Å²) >= 11 is 0. The number of benzene rings is 5. The molecule has 1 heterocycles. The Kier molecular flexibility index (Phi) is 9.74. The molecule has 5 aromatic carbocycles. The molecule has 6 nitrogen and oxygen atoms in total. The molecule has 54 heavy (non-hydrogen) atoms. The molecule has 1 unspecified atom stereocenters. The number of amides is 2. The van der Waals surface area contributed by atoms with Gasteiger partial charge in [0.15, 0.2) is 0 Å². The minimum Gasteiger partial charge on any atom is -0.457 e. The maximum atomic E-state index is 14.1. The van der Waals surface area contributed by atoms with E-state index in [4.69, 9.17) is 15.2 Å². The lowest BCUT2D eigenvalue weighted by Crippen LogP contribution is -2.29. The third-order valence-corrected chi connectivity index (χ3v) is 9.88. The fourth-order valence-electron chi connectivity index (χ4n) is 6.85. The second-order valence-corrected chi connectivity index (χ2v) is 13.7. The summed E-state index contributed by atoms with van der Waals surface area (Å²) < 4.78 is 93.6. The molecule has 5 aromatic rings. The highest BCUT2D eigenvalue weighted by atomic mass is 19.4. The van der Waals surface area contributed by atoms with Crippen LogP contribution in [-0.2, 0) is 38.3 Å². The summed E-state index contributed by atoms with van der Waals surface area (Å²) in [4.78, 5) is 27.7. The number of halogens is 6. The van der Waals surface area contributed by atoms with Crippen molar-refractivity contribution in [2.75, 3.05) is 0 Å². The second-order valence-electron chi connectivity index (χ2n) is 13.7.